The van der Waals surface area contributed by atoms with E-state index in [1.54, 1.807) is 0 Å². The summed E-state index contributed by atoms with van der Waals surface area (Å²) in [6.45, 7) is 0. The summed E-state index contributed by atoms with van der Waals surface area (Å²) in [7, 11) is 0. The molecule has 0 bridgehead atoms. The number of aromatic nitrogens is 3. The Labute approximate surface area is 84.2 Å². The molecule has 0 saturated heterocycles. The fourth-order valence-corrected chi connectivity index (χ4v) is 0.496. The fraction of sp³-hybridized carbons (Fsp3) is 0. The SMILES string of the molecule is S=c1cn[nH][nH]c1=S.[Na]. The van der Waals surface area contributed by atoms with Gasteiger partial charge in [-0.05, 0) is 0 Å². The number of nitrogens with one attached hydrogen (secondary N) is 2. The molecule has 43 valence electrons. The first-order valence-electron chi connectivity index (χ1n) is 1.93. The average Bonchev–Trinajstić information content (AvgIpc) is 1.77. The first-order chi connectivity index (χ1) is 3.80. The van der Waals surface area contributed by atoms with E-state index >= 15 is 0 Å². The molecular formula is C3H3N3NaS2. The molecular weight excluding hydrogens is 165 g/mol. The van der Waals surface area contributed by atoms with Crippen LogP contribution in [0.2, 0.25) is 0 Å². The van der Waals surface area contributed by atoms with Gasteiger partial charge in [0.25, 0.3) is 0 Å². The molecule has 1 radical (unpaired) electrons. The van der Waals surface area contributed by atoms with Crippen LogP contribution in [0.4, 0.5) is 0 Å². The first-order valence-corrected chi connectivity index (χ1v) is 2.75. The van der Waals surface area contributed by atoms with Crippen molar-refractivity contribution in [2.75, 3.05) is 0 Å². The van der Waals surface area contributed by atoms with Crippen molar-refractivity contribution in [1.82, 2.24) is 15.4 Å². The van der Waals surface area contributed by atoms with Crippen molar-refractivity contribution in [3.05, 3.63) is 15.3 Å². The Hall–Kier alpha value is 0.450. The van der Waals surface area contributed by atoms with Gasteiger partial charge in [-0.25, -0.2) is 5.21 Å². The minimum Gasteiger partial charge on any atom is -0.273 e. The third-order valence-electron chi connectivity index (χ3n) is 0.640. The Bertz CT molecular complexity index is 248. The number of aromatic amines is 2. The van der Waals surface area contributed by atoms with Gasteiger partial charge in [0.15, 0.2) is 0 Å². The summed E-state index contributed by atoms with van der Waals surface area (Å²) in [5.41, 5.74) is 0. The molecule has 0 aliphatic heterocycles. The second-order valence-electron chi connectivity index (χ2n) is 1.19. The average molecular weight is 168 g/mol. The molecule has 0 aliphatic carbocycles. The number of nitrogens with zero attached hydrogens (tertiary/aromatic N) is 1. The van der Waals surface area contributed by atoms with E-state index in [2.05, 4.69) is 15.4 Å². The molecule has 0 spiro atoms. The van der Waals surface area contributed by atoms with Crippen LogP contribution < -0.4 is 0 Å². The molecule has 2 N–H and O–H groups in total. The van der Waals surface area contributed by atoms with Crippen LogP contribution in [0.1, 0.15) is 0 Å². The fourth-order valence-electron chi connectivity index (χ4n) is 0.294. The maximum absolute atomic E-state index is 4.74. The van der Waals surface area contributed by atoms with E-state index in [-0.39, 0.29) is 29.6 Å². The summed E-state index contributed by atoms with van der Waals surface area (Å²) in [5.74, 6) is 0. The zero-order valence-corrected chi connectivity index (χ0v) is 8.47. The van der Waals surface area contributed by atoms with E-state index in [1.165, 1.54) is 6.20 Å². The van der Waals surface area contributed by atoms with E-state index in [1.807, 2.05) is 0 Å². The van der Waals surface area contributed by atoms with Crippen LogP contribution in [-0.2, 0) is 0 Å². The van der Waals surface area contributed by atoms with Crippen molar-refractivity contribution in [1.29, 1.82) is 0 Å². The maximum Gasteiger partial charge on any atom is 0.138 e. The van der Waals surface area contributed by atoms with Gasteiger partial charge < -0.3 is 0 Å². The van der Waals surface area contributed by atoms with Gasteiger partial charge in [0.05, 0.1) is 10.7 Å². The molecule has 0 amide bonds. The van der Waals surface area contributed by atoms with Crippen LogP contribution in [0.5, 0.6) is 0 Å². The molecule has 0 atom stereocenters. The minimum absolute atomic E-state index is 0. The standard InChI is InChI=1S/C3H3N3S2.Na/c7-2-1-4-6-5-3(2)8;/h1H,(H,6,7)(H,4,5,8);. The Morgan fingerprint density at radius 3 is 2.44 bits per heavy atom. The quantitative estimate of drug-likeness (QED) is 0.445. The molecule has 0 aromatic carbocycles. The molecule has 9 heavy (non-hydrogen) atoms. The minimum atomic E-state index is 0. The van der Waals surface area contributed by atoms with Crippen LogP contribution in [0.15, 0.2) is 6.20 Å². The molecule has 6 heteroatoms. The third kappa shape index (κ3) is 2.68. The van der Waals surface area contributed by atoms with Gasteiger partial charge in [0.2, 0.25) is 0 Å². The molecule has 3 nitrogen and oxygen atoms in total. The predicted molar refractivity (Wildman–Crippen MR) is 40.4 cm³/mol. The van der Waals surface area contributed by atoms with Crippen molar-refractivity contribution in [2.45, 2.75) is 0 Å². The van der Waals surface area contributed by atoms with Crippen LogP contribution in [0.3, 0.4) is 0 Å². The van der Waals surface area contributed by atoms with Gasteiger partial charge in [0.1, 0.15) is 4.64 Å². The number of rotatable bonds is 0. The van der Waals surface area contributed by atoms with E-state index in [4.69, 9.17) is 24.4 Å². The second kappa shape index (κ2) is 4.29. The van der Waals surface area contributed by atoms with Crippen LogP contribution in [-0.4, -0.2) is 45.0 Å². The molecule has 1 aromatic rings. The summed E-state index contributed by atoms with van der Waals surface area (Å²) in [5, 5.41) is 8.62. The first kappa shape index (κ1) is 9.45. The summed E-state index contributed by atoms with van der Waals surface area (Å²) in [4.78, 5) is 0. The molecule has 0 unspecified atom stereocenters. The molecule has 0 fully saturated rings. The Morgan fingerprint density at radius 1 is 1.44 bits per heavy atom. The summed E-state index contributed by atoms with van der Waals surface area (Å²) in [6.07, 6.45) is 1.49. The normalized spacial score (nSPS) is 8.00. The van der Waals surface area contributed by atoms with Crippen LogP contribution in [0, 0.1) is 9.15 Å². The largest absolute Gasteiger partial charge is 0.273 e. The third-order valence-corrected chi connectivity index (χ3v) is 1.40. The summed E-state index contributed by atoms with van der Waals surface area (Å²) < 4.78 is 1.09. The molecule has 1 heterocycles. The van der Waals surface area contributed by atoms with Gasteiger partial charge in [-0.2, -0.15) is 5.10 Å². The monoisotopic (exact) mass is 168 g/mol. The topological polar surface area (TPSA) is 44.5 Å². The molecule has 1 aromatic heterocycles. The van der Waals surface area contributed by atoms with E-state index in [0.717, 1.165) is 0 Å². The van der Waals surface area contributed by atoms with Gasteiger partial charge in [-0.1, -0.05) is 24.4 Å². The van der Waals surface area contributed by atoms with E-state index in [9.17, 15) is 0 Å². The van der Waals surface area contributed by atoms with Gasteiger partial charge in [0, 0.05) is 29.6 Å². The smallest absolute Gasteiger partial charge is 0.138 e. The van der Waals surface area contributed by atoms with Gasteiger partial charge >= 0.3 is 0 Å². The van der Waals surface area contributed by atoms with E-state index < -0.39 is 0 Å². The Morgan fingerprint density at radius 2 is 2.11 bits per heavy atom. The van der Waals surface area contributed by atoms with Crippen LogP contribution >= 0.6 is 24.4 Å². The Kier molecular flexibility index (Phi) is 4.51. The van der Waals surface area contributed by atoms with Crippen molar-refractivity contribution < 1.29 is 0 Å². The predicted octanol–water partition coefficient (Wildman–Crippen LogP) is 0.816. The van der Waals surface area contributed by atoms with Gasteiger partial charge in [-0.3, -0.25) is 5.10 Å². The Balaban J connectivity index is 0.000000640. The number of hydrogen-bond acceptors (Lipinski definition) is 3. The zero-order chi connectivity index (χ0) is 5.98. The number of H-pyrrole nitrogens is 2. The second-order valence-corrected chi connectivity index (χ2v) is 2.04. The molecule has 0 saturated carbocycles. The summed E-state index contributed by atoms with van der Waals surface area (Å²) in [6, 6.07) is 0. The van der Waals surface area contributed by atoms with Crippen LogP contribution in [0.25, 0.3) is 0 Å². The number of hydrogen-bond donors (Lipinski definition) is 2. The van der Waals surface area contributed by atoms with Gasteiger partial charge in [-0.15, -0.1) is 0 Å². The van der Waals surface area contributed by atoms with Crippen molar-refractivity contribution in [2.24, 2.45) is 0 Å². The van der Waals surface area contributed by atoms with Crippen molar-refractivity contribution in [3.8, 4) is 0 Å². The summed E-state index contributed by atoms with van der Waals surface area (Å²) >= 11 is 9.46. The van der Waals surface area contributed by atoms with Crippen molar-refractivity contribution >= 4 is 54.0 Å². The van der Waals surface area contributed by atoms with E-state index in [0.29, 0.717) is 9.15 Å². The zero-order valence-electron chi connectivity index (χ0n) is 4.84. The molecule has 1 rings (SSSR count). The maximum atomic E-state index is 4.74. The molecule has 0 aliphatic rings. The van der Waals surface area contributed by atoms with Crippen molar-refractivity contribution in [3.63, 3.8) is 0 Å².